The van der Waals surface area contributed by atoms with Gasteiger partial charge in [-0.25, -0.2) is 18.7 Å². The molecule has 234 valence electrons. The SMILES string of the molecule is COc1cnc(N2CC=C(c3c(F)cc(N4C[C@@H](C)N(C)[C@@H](C)C4)c(-n4cc(C(N)=O)c(C(F)(F)F)cc4=O)c3F)C2)nc1. The van der Waals surface area contributed by atoms with Gasteiger partial charge < -0.3 is 20.3 Å². The van der Waals surface area contributed by atoms with Crippen molar-refractivity contribution in [3.63, 3.8) is 0 Å². The van der Waals surface area contributed by atoms with Gasteiger partial charge in [-0.2, -0.15) is 13.2 Å². The molecule has 0 bridgehead atoms. The smallest absolute Gasteiger partial charge is 0.417 e. The monoisotopic (exact) mass is 619 g/mol. The van der Waals surface area contributed by atoms with Crippen molar-refractivity contribution in [1.29, 1.82) is 0 Å². The summed E-state index contributed by atoms with van der Waals surface area (Å²) in [5.74, 6) is -2.88. The fourth-order valence-electron chi connectivity index (χ4n) is 5.57. The molecule has 0 saturated carbocycles. The lowest BCUT2D eigenvalue weighted by Crippen LogP contribution is -2.55. The van der Waals surface area contributed by atoms with E-state index in [2.05, 4.69) is 14.9 Å². The first kappa shape index (κ1) is 30.9. The standard InChI is InChI=1S/C29H30F5N7O3/c1-15-11-40(12-16(2)38(15)3)22-8-21(30)24(17-5-6-39(13-17)28-36-9-18(44-4)10-37-28)25(31)26(22)41-14-19(27(35)43)20(7-23(41)42)29(32,33)34/h5,7-10,14-16H,6,11-13H2,1-4H3,(H2,35,43)/t15-,16+. The van der Waals surface area contributed by atoms with Crippen LogP contribution in [0.1, 0.15) is 35.3 Å². The molecule has 4 heterocycles. The third-order valence-corrected chi connectivity index (χ3v) is 8.11. The number of aromatic nitrogens is 3. The molecule has 2 N–H and O–H groups in total. The van der Waals surface area contributed by atoms with E-state index in [-0.39, 0.29) is 48.4 Å². The van der Waals surface area contributed by atoms with Crippen molar-refractivity contribution < 1.29 is 31.5 Å². The highest BCUT2D eigenvalue weighted by molar-refractivity contribution is 5.94. The van der Waals surface area contributed by atoms with Crippen LogP contribution in [0.15, 0.2) is 41.6 Å². The Labute approximate surface area is 249 Å². The molecule has 0 radical (unpaired) electrons. The largest absolute Gasteiger partial charge is 0.494 e. The van der Waals surface area contributed by atoms with E-state index in [9.17, 15) is 22.8 Å². The number of methoxy groups -OCH3 is 1. The molecule has 0 spiro atoms. The molecule has 1 fully saturated rings. The summed E-state index contributed by atoms with van der Waals surface area (Å²) in [4.78, 5) is 39.1. The van der Waals surface area contributed by atoms with Gasteiger partial charge in [-0.15, -0.1) is 0 Å². The van der Waals surface area contributed by atoms with Crippen LogP contribution in [0, 0.1) is 11.6 Å². The van der Waals surface area contributed by atoms with E-state index < -0.39 is 51.7 Å². The number of likely N-dealkylation sites (N-methyl/N-ethyl adjacent to an activating group) is 1. The maximum atomic E-state index is 16.8. The van der Waals surface area contributed by atoms with Crippen LogP contribution < -0.4 is 25.8 Å². The lowest BCUT2D eigenvalue weighted by Gasteiger charge is -2.44. The summed E-state index contributed by atoms with van der Waals surface area (Å²) >= 11 is 0. The highest BCUT2D eigenvalue weighted by Gasteiger charge is 2.38. The number of alkyl halides is 3. The predicted octanol–water partition coefficient (Wildman–Crippen LogP) is 3.46. The third-order valence-electron chi connectivity index (χ3n) is 8.11. The van der Waals surface area contributed by atoms with Gasteiger partial charge in [0.2, 0.25) is 5.95 Å². The summed E-state index contributed by atoms with van der Waals surface area (Å²) in [5.41, 5.74) is 0.600. The van der Waals surface area contributed by atoms with Gasteiger partial charge in [0.1, 0.15) is 11.5 Å². The molecule has 0 unspecified atom stereocenters. The van der Waals surface area contributed by atoms with Crippen molar-refractivity contribution in [3.05, 3.63) is 75.5 Å². The normalized spacial score (nSPS) is 19.3. The van der Waals surface area contributed by atoms with Crippen molar-refractivity contribution in [2.45, 2.75) is 32.1 Å². The number of benzene rings is 1. The van der Waals surface area contributed by atoms with E-state index in [1.54, 1.807) is 15.9 Å². The number of ether oxygens (including phenoxy) is 1. The van der Waals surface area contributed by atoms with E-state index in [1.165, 1.54) is 19.5 Å². The van der Waals surface area contributed by atoms with Crippen molar-refractivity contribution >= 4 is 23.1 Å². The Balaban J connectivity index is 1.68. The average molecular weight is 620 g/mol. The van der Waals surface area contributed by atoms with Gasteiger partial charge in [0.15, 0.2) is 11.6 Å². The Kier molecular flexibility index (Phi) is 8.09. The minimum absolute atomic E-state index is 0.00399. The highest BCUT2D eigenvalue weighted by atomic mass is 19.4. The van der Waals surface area contributed by atoms with Crippen LogP contribution in [-0.4, -0.2) is 77.8 Å². The molecule has 15 heteroatoms. The zero-order valence-electron chi connectivity index (χ0n) is 24.3. The van der Waals surface area contributed by atoms with Crippen molar-refractivity contribution in [3.8, 4) is 11.4 Å². The van der Waals surface area contributed by atoms with Gasteiger partial charge in [0, 0.05) is 56.6 Å². The van der Waals surface area contributed by atoms with Crippen LogP contribution in [-0.2, 0) is 6.18 Å². The number of pyridine rings is 1. The van der Waals surface area contributed by atoms with Crippen molar-refractivity contribution in [2.24, 2.45) is 5.73 Å². The van der Waals surface area contributed by atoms with Gasteiger partial charge >= 0.3 is 6.18 Å². The summed E-state index contributed by atoms with van der Waals surface area (Å²) in [7, 11) is 3.36. The maximum absolute atomic E-state index is 16.8. The summed E-state index contributed by atoms with van der Waals surface area (Å²) < 4.78 is 79.5. The predicted molar refractivity (Wildman–Crippen MR) is 153 cm³/mol. The fourth-order valence-corrected chi connectivity index (χ4v) is 5.57. The van der Waals surface area contributed by atoms with E-state index in [4.69, 9.17) is 10.5 Å². The molecule has 3 aromatic rings. The molecule has 44 heavy (non-hydrogen) atoms. The minimum atomic E-state index is -5.08. The second-order valence-corrected chi connectivity index (χ2v) is 10.9. The number of anilines is 2. The molecular formula is C29H30F5N7O3. The molecule has 1 aromatic carbocycles. The van der Waals surface area contributed by atoms with Crippen LogP contribution in [0.25, 0.3) is 11.3 Å². The molecule has 10 nitrogen and oxygen atoms in total. The summed E-state index contributed by atoms with van der Waals surface area (Å²) in [6.45, 7) is 4.63. The van der Waals surface area contributed by atoms with Crippen LogP contribution in [0.2, 0.25) is 0 Å². The number of hydrogen-bond donors (Lipinski definition) is 1. The lowest BCUT2D eigenvalue weighted by atomic mass is 10.0. The summed E-state index contributed by atoms with van der Waals surface area (Å²) in [6.07, 6.45) is -0.0507. The van der Waals surface area contributed by atoms with E-state index in [0.717, 1.165) is 6.07 Å². The van der Waals surface area contributed by atoms with E-state index >= 15 is 8.78 Å². The van der Waals surface area contributed by atoms with Gasteiger partial charge in [0.05, 0.1) is 41.9 Å². The Morgan fingerprint density at radius 3 is 2.27 bits per heavy atom. The number of hydrogen-bond acceptors (Lipinski definition) is 8. The van der Waals surface area contributed by atoms with E-state index in [1.807, 2.05) is 20.9 Å². The number of carbonyl (C=O) groups is 1. The number of rotatable bonds is 6. The zero-order valence-corrected chi connectivity index (χ0v) is 24.3. The van der Waals surface area contributed by atoms with Crippen LogP contribution in [0.5, 0.6) is 5.75 Å². The number of nitrogens with zero attached hydrogens (tertiary/aromatic N) is 6. The molecule has 1 saturated heterocycles. The third kappa shape index (κ3) is 5.58. The summed E-state index contributed by atoms with van der Waals surface area (Å²) in [6, 6.07) is 1.12. The molecule has 2 aromatic heterocycles. The van der Waals surface area contributed by atoms with Crippen LogP contribution in [0.3, 0.4) is 0 Å². The second-order valence-electron chi connectivity index (χ2n) is 10.9. The van der Waals surface area contributed by atoms with Gasteiger partial charge in [-0.1, -0.05) is 6.08 Å². The number of piperazine rings is 1. The zero-order chi connectivity index (χ0) is 32.1. The minimum Gasteiger partial charge on any atom is -0.494 e. The number of nitrogens with two attached hydrogens (primary N) is 1. The number of carbonyl (C=O) groups excluding carboxylic acids is 1. The average Bonchev–Trinajstić information content (AvgIpc) is 3.44. The van der Waals surface area contributed by atoms with Gasteiger partial charge in [0.25, 0.3) is 11.5 Å². The van der Waals surface area contributed by atoms with Crippen LogP contribution in [0.4, 0.5) is 33.6 Å². The molecule has 2 atom stereocenters. The number of amides is 1. The molecule has 5 rings (SSSR count). The van der Waals surface area contributed by atoms with Crippen molar-refractivity contribution in [1.82, 2.24) is 19.4 Å². The Bertz CT molecular complexity index is 1680. The molecule has 2 aliphatic rings. The molecular weight excluding hydrogens is 589 g/mol. The first-order valence-electron chi connectivity index (χ1n) is 13.6. The molecule has 2 aliphatic heterocycles. The summed E-state index contributed by atoms with van der Waals surface area (Å²) in [5, 5.41) is 0. The number of primary amides is 1. The van der Waals surface area contributed by atoms with Gasteiger partial charge in [-0.05, 0) is 26.5 Å². The first-order chi connectivity index (χ1) is 20.7. The Hall–Kier alpha value is -4.53. The highest BCUT2D eigenvalue weighted by Crippen LogP contribution is 2.38. The fraction of sp³-hybridized carbons (Fsp3) is 0.379. The van der Waals surface area contributed by atoms with Crippen LogP contribution >= 0.6 is 0 Å². The van der Waals surface area contributed by atoms with Gasteiger partial charge in [-0.3, -0.25) is 19.1 Å². The van der Waals surface area contributed by atoms with Crippen molar-refractivity contribution in [2.75, 3.05) is 50.1 Å². The molecule has 1 amide bonds. The Morgan fingerprint density at radius 2 is 1.70 bits per heavy atom. The quantitative estimate of drug-likeness (QED) is 0.418. The topological polar surface area (TPSA) is 110 Å². The Morgan fingerprint density at radius 1 is 1.07 bits per heavy atom. The maximum Gasteiger partial charge on any atom is 0.417 e. The lowest BCUT2D eigenvalue weighted by molar-refractivity contribution is -0.138. The van der Waals surface area contributed by atoms with E-state index in [0.29, 0.717) is 29.6 Å². The first-order valence-corrected chi connectivity index (χ1v) is 13.6. The molecule has 0 aliphatic carbocycles. The number of halogens is 5. The second kappa shape index (κ2) is 11.5.